The Morgan fingerprint density at radius 3 is 2.57 bits per heavy atom. The molecule has 1 unspecified atom stereocenters. The Kier molecular flexibility index (Phi) is 7.00. The molecule has 0 saturated heterocycles. The number of pyridine rings is 1. The number of carbonyl (C=O) groups is 3. The normalized spacial score (nSPS) is 13.7. The van der Waals surface area contributed by atoms with Gasteiger partial charge in [0.1, 0.15) is 11.6 Å². The fourth-order valence-corrected chi connectivity index (χ4v) is 3.57. The smallest absolute Gasteiger partial charge is 0.261 e. The number of aryl methyl sites for hydroxylation is 2. The van der Waals surface area contributed by atoms with E-state index < -0.39 is 29.3 Å². The highest BCUT2D eigenvalue weighted by molar-refractivity contribution is 5.97. The van der Waals surface area contributed by atoms with Gasteiger partial charge in [-0.1, -0.05) is 30.3 Å². The molecule has 0 radical (unpaired) electrons. The SMILES string of the molecule is NC(=O)CCNC(=O)C(Cc1ccccc1)NC(=O)c1cc2c([nH]c1=O)CCCC2. The van der Waals surface area contributed by atoms with Gasteiger partial charge in [0.2, 0.25) is 11.8 Å². The molecule has 1 aliphatic rings. The molecule has 1 aromatic carbocycles. The van der Waals surface area contributed by atoms with Crippen molar-refractivity contribution in [1.82, 2.24) is 15.6 Å². The largest absolute Gasteiger partial charge is 0.370 e. The average Bonchev–Trinajstić information content (AvgIpc) is 2.73. The summed E-state index contributed by atoms with van der Waals surface area (Å²) in [5.74, 6) is -1.57. The van der Waals surface area contributed by atoms with Crippen molar-refractivity contribution in [2.24, 2.45) is 5.73 Å². The molecule has 8 heteroatoms. The lowest BCUT2D eigenvalue weighted by Gasteiger charge is -2.20. The Balaban J connectivity index is 1.77. The summed E-state index contributed by atoms with van der Waals surface area (Å²) >= 11 is 0. The Morgan fingerprint density at radius 2 is 1.83 bits per heavy atom. The molecule has 1 aromatic heterocycles. The predicted molar refractivity (Wildman–Crippen MR) is 112 cm³/mol. The number of hydrogen-bond acceptors (Lipinski definition) is 4. The Morgan fingerprint density at radius 1 is 1.10 bits per heavy atom. The van der Waals surface area contributed by atoms with Gasteiger partial charge in [-0.2, -0.15) is 0 Å². The fourth-order valence-electron chi connectivity index (χ4n) is 3.57. The molecule has 158 valence electrons. The zero-order valence-electron chi connectivity index (χ0n) is 16.7. The van der Waals surface area contributed by atoms with Crippen molar-refractivity contribution in [1.29, 1.82) is 0 Å². The van der Waals surface area contributed by atoms with E-state index in [1.807, 2.05) is 30.3 Å². The number of carbonyl (C=O) groups excluding carboxylic acids is 3. The Labute approximate surface area is 174 Å². The minimum atomic E-state index is -0.900. The van der Waals surface area contributed by atoms with Crippen LogP contribution in [-0.4, -0.2) is 35.3 Å². The van der Waals surface area contributed by atoms with Crippen LogP contribution in [0.25, 0.3) is 0 Å². The van der Waals surface area contributed by atoms with E-state index in [4.69, 9.17) is 5.73 Å². The molecule has 1 aliphatic carbocycles. The van der Waals surface area contributed by atoms with E-state index in [1.165, 1.54) is 0 Å². The zero-order chi connectivity index (χ0) is 21.5. The van der Waals surface area contributed by atoms with Crippen LogP contribution in [0, 0.1) is 0 Å². The number of rotatable bonds is 8. The van der Waals surface area contributed by atoms with Gasteiger partial charge in [-0.15, -0.1) is 0 Å². The number of hydrogen-bond donors (Lipinski definition) is 4. The van der Waals surface area contributed by atoms with Crippen LogP contribution in [-0.2, 0) is 28.9 Å². The number of primary amides is 1. The fraction of sp³-hybridized carbons (Fsp3) is 0.364. The van der Waals surface area contributed by atoms with Gasteiger partial charge in [0.05, 0.1) is 0 Å². The summed E-state index contributed by atoms with van der Waals surface area (Å²) in [5, 5.41) is 5.30. The Hall–Kier alpha value is -3.42. The van der Waals surface area contributed by atoms with Crippen LogP contribution in [0.5, 0.6) is 0 Å². The van der Waals surface area contributed by atoms with Crippen molar-refractivity contribution in [2.45, 2.75) is 44.6 Å². The highest BCUT2D eigenvalue weighted by atomic mass is 16.2. The second kappa shape index (κ2) is 9.87. The lowest BCUT2D eigenvalue weighted by atomic mass is 9.95. The molecule has 8 nitrogen and oxygen atoms in total. The van der Waals surface area contributed by atoms with E-state index in [-0.39, 0.29) is 24.9 Å². The number of fused-ring (bicyclic) bond motifs is 1. The number of nitrogens with two attached hydrogens (primary N) is 1. The quantitative estimate of drug-likeness (QED) is 0.506. The van der Waals surface area contributed by atoms with Gasteiger partial charge < -0.3 is 21.4 Å². The second-order valence-corrected chi connectivity index (χ2v) is 7.45. The summed E-state index contributed by atoms with van der Waals surface area (Å²) in [7, 11) is 0. The lowest BCUT2D eigenvalue weighted by molar-refractivity contribution is -0.123. The minimum absolute atomic E-state index is 0.00125. The maximum Gasteiger partial charge on any atom is 0.261 e. The standard InChI is InChI=1S/C22H26N4O4/c23-19(27)10-11-24-22(30)18(12-14-6-2-1-3-7-14)26-21(29)16-13-15-8-4-5-9-17(15)25-20(16)28/h1-3,6-7,13,18H,4-5,8-12H2,(H2,23,27)(H,24,30)(H,25,28)(H,26,29). The molecule has 0 spiro atoms. The van der Waals surface area contributed by atoms with Crippen LogP contribution >= 0.6 is 0 Å². The maximum absolute atomic E-state index is 12.9. The van der Waals surface area contributed by atoms with Crippen molar-refractivity contribution >= 4 is 17.7 Å². The highest BCUT2D eigenvalue weighted by Gasteiger charge is 2.24. The van der Waals surface area contributed by atoms with Crippen LogP contribution in [0.4, 0.5) is 0 Å². The van der Waals surface area contributed by atoms with Crippen LogP contribution in [0.1, 0.15) is 46.4 Å². The molecule has 3 rings (SSSR count). The van der Waals surface area contributed by atoms with E-state index in [1.54, 1.807) is 6.07 Å². The van der Waals surface area contributed by atoms with Gasteiger partial charge in [-0.25, -0.2) is 0 Å². The van der Waals surface area contributed by atoms with Crippen LogP contribution in [0.3, 0.4) is 0 Å². The van der Waals surface area contributed by atoms with Crippen molar-refractivity contribution < 1.29 is 14.4 Å². The van der Waals surface area contributed by atoms with Crippen LogP contribution in [0.15, 0.2) is 41.2 Å². The number of aromatic amines is 1. The van der Waals surface area contributed by atoms with E-state index in [0.29, 0.717) is 0 Å². The van der Waals surface area contributed by atoms with Gasteiger partial charge in [-0.3, -0.25) is 19.2 Å². The zero-order valence-corrected chi connectivity index (χ0v) is 16.7. The van der Waals surface area contributed by atoms with Gasteiger partial charge >= 0.3 is 0 Å². The first kappa shape index (κ1) is 21.3. The number of H-pyrrole nitrogens is 1. The first-order valence-corrected chi connectivity index (χ1v) is 10.1. The molecule has 2 aromatic rings. The minimum Gasteiger partial charge on any atom is -0.370 e. The van der Waals surface area contributed by atoms with Crippen molar-refractivity contribution in [2.75, 3.05) is 6.54 Å². The number of nitrogens with one attached hydrogen (secondary N) is 3. The van der Waals surface area contributed by atoms with Crippen molar-refractivity contribution in [3.63, 3.8) is 0 Å². The number of aromatic nitrogens is 1. The summed E-state index contributed by atoms with van der Waals surface area (Å²) in [6.45, 7) is 0.0781. The molecule has 30 heavy (non-hydrogen) atoms. The summed E-state index contributed by atoms with van der Waals surface area (Å²) < 4.78 is 0. The van der Waals surface area contributed by atoms with Gasteiger partial charge in [0, 0.05) is 25.1 Å². The topological polar surface area (TPSA) is 134 Å². The van der Waals surface area contributed by atoms with E-state index in [9.17, 15) is 19.2 Å². The van der Waals surface area contributed by atoms with Crippen LogP contribution < -0.4 is 21.9 Å². The molecular weight excluding hydrogens is 384 g/mol. The third-order valence-electron chi connectivity index (χ3n) is 5.16. The molecule has 0 bridgehead atoms. The summed E-state index contributed by atoms with van der Waals surface area (Å²) in [5.41, 5.74) is 7.36. The Bertz CT molecular complexity index is 984. The second-order valence-electron chi connectivity index (χ2n) is 7.45. The molecule has 0 aliphatic heterocycles. The third-order valence-corrected chi connectivity index (χ3v) is 5.16. The monoisotopic (exact) mass is 410 g/mol. The predicted octanol–water partition coefficient (Wildman–Crippen LogP) is 0.586. The number of amides is 3. The van der Waals surface area contributed by atoms with Gasteiger partial charge in [0.15, 0.2) is 0 Å². The molecule has 0 saturated carbocycles. The molecule has 1 heterocycles. The summed E-state index contributed by atoms with van der Waals surface area (Å²) in [6, 6.07) is 9.97. The molecule has 0 fully saturated rings. The van der Waals surface area contributed by atoms with Crippen LogP contribution in [0.2, 0.25) is 0 Å². The van der Waals surface area contributed by atoms with Crippen molar-refractivity contribution in [3.8, 4) is 0 Å². The van der Waals surface area contributed by atoms with Gasteiger partial charge in [0.25, 0.3) is 11.5 Å². The molecule has 3 amide bonds. The average molecular weight is 410 g/mol. The highest BCUT2D eigenvalue weighted by Crippen LogP contribution is 2.18. The van der Waals surface area contributed by atoms with E-state index in [2.05, 4.69) is 15.6 Å². The number of benzene rings is 1. The molecular formula is C22H26N4O4. The van der Waals surface area contributed by atoms with E-state index >= 15 is 0 Å². The summed E-state index contributed by atoms with van der Waals surface area (Å²) in [6.07, 6.45) is 3.89. The van der Waals surface area contributed by atoms with Gasteiger partial charge in [-0.05, 0) is 42.9 Å². The maximum atomic E-state index is 12.9. The molecule has 1 atom stereocenters. The first-order valence-electron chi connectivity index (χ1n) is 10.1. The third kappa shape index (κ3) is 5.56. The summed E-state index contributed by atoms with van der Waals surface area (Å²) in [4.78, 5) is 51.7. The molecule has 5 N–H and O–H groups in total. The van der Waals surface area contributed by atoms with E-state index in [0.717, 1.165) is 42.5 Å². The lowest BCUT2D eigenvalue weighted by Crippen LogP contribution is -2.49. The first-order chi connectivity index (χ1) is 14.4. The van der Waals surface area contributed by atoms with Crippen molar-refractivity contribution in [3.05, 3.63) is 69.1 Å².